The summed E-state index contributed by atoms with van der Waals surface area (Å²) < 4.78 is 31.7. The Morgan fingerprint density at radius 1 is 0.736 bits per heavy atom. The third kappa shape index (κ3) is 25.0. The van der Waals surface area contributed by atoms with E-state index < -0.39 is 91.3 Å². The summed E-state index contributed by atoms with van der Waals surface area (Å²) in [5.74, 6) is -9.66. The second kappa shape index (κ2) is 37.1. The fraction of sp³-hybridized carbons (Fsp3) is 0.477. The first-order chi connectivity index (χ1) is 41.6. The first-order valence-corrected chi connectivity index (χ1v) is 32.0. The number of unbranched alkanes of at least 4 members (excludes halogenated alkanes) is 1. The molecule has 0 radical (unpaired) electrons. The summed E-state index contributed by atoms with van der Waals surface area (Å²) in [5, 5.41) is 21.7. The molecule has 1 saturated heterocycles. The zero-order valence-corrected chi connectivity index (χ0v) is 52.0. The molecular formula is C65H86ClN6O14P. The first-order valence-electron chi connectivity index (χ1n) is 29.7. The van der Waals surface area contributed by atoms with Gasteiger partial charge in [0.2, 0.25) is 31.0 Å². The van der Waals surface area contributed by atoms with Gasteiger partial charge in [-0.3, -0.25) is 42.9 Å². The molecule has 1 aliphatic rings. The van der Waals surface area contributed by atoms with Gasteiger partial charge in [0.1, 0.15) is 11.5 Å². The van der Waals surface area contributed by atoms with Crippen LogP contribution in [0.15, 0.2) is 109 Å². The van der Waals surface area contributed by atoms with Gasteiger partial charge in [-0.2, -0.15) is 0 Å². The number of likely N-dealkylation sites (tertiary alicyclic amines) is 1. The Kier molecular flexibility index (Phi) is 30.2. The number of hydrogen-bond acceptors (Lipinski definition) is 15. The van der Waals surface area contributed by atoms with Gasteiger partial charge in [0.15, 0.2) is 23.1 Å². The Morgan fingerprint density at radius 3 is 2.03 bits per heavy atom. The molecule has 20 nitrogen and oxygen atoms in total. The molecule has 1 heterocycles. The summed E-state index contributed by atoms with van der Waals surface area (Å²) in [5.41, 5.74) is 9.67. The van der Waals surface area contributed by atoms with Crippen molar-refractivity contribution in [2.45, 2.75) is 109 Å². The van der Waals surface area contributed by atoms with E-state index in [0.717, 1.165) is 30.2 Å². The maximum Gasteiger partial charge on any atom is 0.224 e. The topological polar surface area (TPSA) is 299 Å². The van der Waals surface area contributed by atoms with Crippen molar-refractivity contribution in [3.8, 4) is 16.9 Å². The van der Waals surface area contributed by atoms with Gasteiger partial charge in [0.25, 0.3) is 0 Å². The van der Waals surface area contributed by atoms with E-state index in [-0.39, 0.29) is 61.1 Å². The molecule has 8 N–H and O–H groups in total. The monoisotopic (exact) mass is 1240 g/mol. The summed E-state index contributed by atoms with van der Waals surface area (Å²) in [6.07, 6.45) is 1.82. The van der Waals surface area contributed by atoms with E-state index in [1.54, 1.807) is 66.7 Å². The van der Waals surface area contributed by atoms with E-state index in [2.05, 4.69) is 21.3 Å². The van der Waals surface area contributed by atoms with Crippen LogP contribution < -0.4 is 27.0 Å². The lowest BCUT2D eigenvalue weighted by molar-refractivity contribution is -0.137. The van der Waals surface area contributed by atoms with Crippen molar-refractivity contribution in [3.05, 3.63) is 131 Å². The van der Waals surface area contributed by atoms with E-state index in [9.17, 15) is 48.4 Å². The van der Waals surface area contributed by atoms with Crippen molar-refractivity contribution in [3.63, 3.8) is 0 Å². The third-order valence-corrected chi connectivity index (χ3v) is 17.5. The molecule has 7 atom stereocenters. The number of allylic oxidation sites excluding steroid dienone is 1. The zero-order valence-electron chi connectivity index (χ0n) is 50.3. The number of aromatic hydroxyl groups is 1. The van der Waals surface area contributed by atoms with Gasteiger partial charge < -0.3 is 56.1 Å². The Morgan fingerprint density at radius 2 is 1.38 bits per heavy atom. The van der Waals surface area contributed by atoms with E-state index in [1.807, 2.05) is 19.2 Å². The van der Waals surface area contributed by atoms with Gasteiger partial charge in [-0.1, -0.05) is 104 Å². The summed E-state index contributed by atoms with van der Waals surface area (Å²) in [4.78, 5) is 123. The fourth-order valence-corrected chi connectivity index (χ4v) is 12.2. The molecular weight excluding hydrogens is 1160 g/mol. The number of hydrogen-bond donors (Lipinski definition) is 7. The van der Waals surface area contributed by atoms with Gasteiger partial charge in [0, 0.05) is 93.6 Å². The van der Waals surface area contributed by atoms with Gasteiger partial charge in [0.05, 0.1) is 51.0 Å². The highest BCUT2D eigenvalue weighted by atomic mass is 35.5. The molecule has 0 aromatic heterocycles. The number of rotatable bonds is 40. The van der Waals surface area contributed by atoms with Crippen LogP contribution in [-0.4, -0.2) is 152 Å². The molecule has 22 heteroatoms. The predicted octanol–water partition coefficient (Wildman–Crippen LogP) is 6.99. The van der Waals surface area contributed by atoms with Gasteiger partial charge in [-0.15, -0.1) is 0 Å². The highest BCUT2D eigenvalue weighted by Crippen LogP contribution is 2.49. The molecule has 472 valence electrons. The average Bonchev–Trinajstić information content (AvgIpc) is 3.63. The van der Waals surface area contributed by atoms with Crippen LogP contribution in [0.4, 0.5) is 0 Å². The molecule has 2 unspecified atom stereocenters. The molecule has 0 saturated carbocycles. The molecule has 0 bridgehead atoms. The summed E-state index contributed by atoms with van der Waals surface area (Å²) in [6.45, 7) is 8.26. The number of nitrogens with one attached hydrogen (secondary N) is 4. The molecule has 4 aromatic carbocycles. The maximum absolute atomic E-state index is 15.1. The smallest absolute Gasteiger partial charge is 0.224 e. The third-order valence-electron chi connectivity index (χ3n) is 15.0. The molecule has 0 aliphatic carbocycles. The number of carbonyl (C=O) groups is 8. The van der Waals surface area contributed by atoms with Gasteiger partial charge in [-0.05, 0) is 104 Å². The largest absolute Gasteiger partial charge is 0.508 e. The molecule has 87 heavy (non-hydrogen) atoms. The van der Waals surface area contributed by atoms with Crippen LogP contribution in [0.2, 0.25) is 5.02 Å². The van der Waals surface area contributed by atoms with Gasteiger partial charge in [-0.25, -0.2) is 0 Å². The Bertz CT molecular complexity index is 2980. The second-order valence-electron chi connectivity index (χ2n) is 22.2. The number of benzene rings is 4. The minimum Gasteiger partial charge on any atom is -0.508 e. The van der Waals surface area contributed by atoms with E-state index >= 15 is 4.57 Å². The van der Waals surface area contributed by atoms with Crippen molar-refractivity contribution in [1.82, 2.24) is 26.2 Å². The maximum atomic E-state index is 15.1. The molecule has 4 amide bonds. The van der Waals surface area contributed by atoms with Crippen LogP contribution in [0.3, 0.4) is 0 Å². The Balaban J connectivity index is 1.32. The Hall–Kier alpha value is -6.90. The van der Waals surface area contributed by atoms with Crippen LogP contribution in [0, 0.1) is 17.8 Å². The van der Waals surface area contributed by atoms with Crippen LogP contribution in [0.1, 0.15) is 95.2 Å². The average molecular weight is 1240 g/mol. The van der Waals surface area contributed by atoms with Crippen LogP contribution in [-0.2, 0) is 70.0 Å². The van der Waals surface area contributed by atoms with Crippen molar-refractivity contribution in [1.29, 1.82) is 0 Å². The van der Waals surface area contributed by atoms with Crippen molar-refractivity contribution >= 4 is 71.4 Å². The number of ketones is 4. The lowest BCUT2D eigenvalue weighted by Gasteiger charge is -2.29. The number of phenolic OH excluding ortho intramolecular Hbond substituents is 1. The predicted molar refractivity (Wildman–Crippen MR) is 334 cm³/mol. The molecule has 1 aliphatic heterocycles. The highest BCUT2D eigenvalue weighted by molar-refractivity contribution is 7.58. The number of nitrogens with two attached hydrogens (primary N) is 1. The lowest BCUT2D eigenvalue weighted by Crippen LogP contribution is -2.48. The standard InChI is InChI=1S/C65H86ClN6O14P/c1-44(63(79)69-42-55(75)17-8-9-29-84-31-33-86-34-32-85-30-12-27-68-4)35-60(77)58(37-48-19-25-54(74)26-20-48)70-65(81)52(40-56(76)41-57(67)50-23-21-49(22-24-50)51-15-10-16-53(66)39-51)43-87(82,83)62(38-47-13-6-5-7-14-47)71-64(80)45(2)36-61(78)59-18-11-28-72(59)46(3)73/h5-7,10,13-16,19-26,39,41,44-45,52,58-59,62,68,74H,8-9,11-12,17-18,27-38,40,42-43,67H2,1-4H3,(H,69,79)(H,70,81)(H,71,80)(H,82,83)/t44-,45-,52?,58-,59-,62+/m0/s1. The quantitative estimate of drug-likeness (QED) is 0.0134. The van der Waals surface area contributed by atoms with E-state index in [1.165, 1.54) is 49.9 Å². The zero-order chi connectivity index (χ0) is 63.3. The molecule has 4 aromatic rings. The highest BCUT2D eigenvalue weighted by Gasteiger charge is 2.41. The van der Waals surface area contributed by atoms with E-state index in [0.29, 0.717) is 93.6 Å². The van der Waals surface area contributed by atoms with Gasteiger partial charge >= 0.3 is 0 Å². The number of phenols is 1. The normalized spacial score (nSPS) is 15.7. The van der Waals surface area contributed by atoms with Crippen LogP contribution in [0.5, 0.6) is 5.75 Å². The van der Waals surface area contributed by atoms with Crippen molar-refractivity contribution < 1.29 is 67.1 Å². The molecule has 1 fully saturated rings. The Labute approximate surface area is 515 Å². The van der Waals surface area contributed by atoms with Crippen LogP contribution in [0.25, 0.3) is 16.8 Å². The second-order valence-corrected chi connectivity index (χ2v) is 25.1. The number of amides is 4. The summed E-state index contributed by atoms with van der Waals surface area (Å²) in [7, 11) is -2.91. The lowest BCUT2D eigenvalue weighted by atomic mass is 9.94. The SMILES string of the molecule is CNCCCOCCOCCOCCCCC(=O)CNC(=O)[C@@H](C)CC(=O)[C@H](Cc1ccc(O)cc1)NC(=O)C(CC(=O)C=C(N)c1ccc(-c2cccc(Cl)c2)cc1)CP(=O)(O)[C@H](Cc1ccccc1)NC(=O)[C@@H](C)CC(=O)[C@@H]1CCCN1C(C)=O. The minimum absolute atomic E-state index is 0.0241. The number of ether oxygens (including phenoxy) is 3. The molecule has 0 spiro atoms. The van der Waals surface area contributed by atoms with Crippen molar-refractivity contribution in [2.75, 3.05) is 72.5 Å². The first kappa shape index (κ1) is 70.9. The number of nitrogens with zero attached hydrogens (tertiary/aromatic N) is 1. The summed E-state index contributed by atoms with van der Waals surface area (Å²) in [6, 6.07) is 26.5. The van der Waals surface area contributed by atoms with E-state index in [4.69, 9.17) is 31.5 Å². The molecule has 5 rings (SSSR count). The number of halogens is 1. The minimum atomic E-state index is -4.80. The summed E-state index contributed by atoms with van der Waals surface area (Å²) >= 11 is 6.23. The van der Waals surface area contributed by atoms with Crippen LogP contribution >= 0.6 is 19.0 Å². The fourth-order valence-electron chi connectivity index (χ4n) is 10.0. The number of Topliss-reactive ketones (excluding diaryl/α,β-unsaturated/α-hetero) is 3. The number of carbonyl (C=O) groups excluding carboxylic acids is 8. The van der Waals surface area contributed by atoms with Crippen molar-refractivity contribution in [2.24, 2.45) is 23.5 Å².